The van der Waals surface area contributed by atoms with Crippen LogP contribution in [0.4, 0.5) is 0 Å². The molecule has 3 rings (SSSR count). The Labute approximate surface area is 100 Å². The minimum absolute atomic E-state index is 0.0383. The third kappa shape index (κ3) is 2.02. The number of hydrogen-bond donors (Lipinski definition) is 1. The summed E-state index contributed by atoms with van der Waals surface area (Å²) in [5.41, 5.74) is 1.08. The Morgan fingerprint density at radius 1 is 1.18 bits per heavy atom. The zero-order chi connectivity index (χ0) is 11.7. The van der Waals surface area contributed by atoms with Crippen LogP contribution < -0.4 is 5.56 Å². The topological polar surface area (TPSA) is 37.8 Å². The van der Waals surface area contributed by atoms with Crippen molar-refractivity contribution in [3.8, 4) is 0 Å². The first-order valence-electron chi connectivity index (χ1n) is 6.52. The van der Waals surface area contributed by atoms with E-state index in [1.165, 1.54) is 32.1 Å². The summed E-state index contributed by atoms with van der Waals surface area (Å²) in [6, 6.07) is 7.83. The summed E-state index contributed by atoms with van der Waals surface area (Å²) in [5.74, 6) is 0.732. The van der Waals surface area contributed by atoms with Gasteiger partial charge in [0.25, 0.3) is 5.56 Å². The first-order chi connectivity index (χ1) is 8.34. The van der Waals surface area contributed by atoms with Gasteiger partial charge < -0.3 is 0 Å². The van der Waals surface area contributed by atoms with Crippen molar-refractivity contribution < 1.29 is 0 Å². The van der Waals surface area contributed by atoms with E-state index in [1.54, 1.807) is 0 Å². The molecule has 0 atom stereocenters. The molecular weight excluding hydrogens is 212 g/mol. The lowest BCUT2D eigenvalue weighted by molar-refractivity contribution is 0.311. The molecule has 3 heteroatoms. The molecule has 0 spiro atoms. The van der Waals surface area contributed by atoms with Gasteiger partial charge in [0.15, 0.2) is 0 Å². The van der Waals surface area contributed by atoms with Crippen LogP contribution in [0.2, 0.25) is 0 Å². The Morgan fingerprint density at radius 2 is 1.94 bits per heavy atom. The van der Waals surface area contributed by atoms with Crippen LogP contribution in [0.1, 0.15) is 32.1 Å². The molecule has 1 heterocycles. The number of rotatable bonds is 2. The summed E-state index contributed by atoms with van der Waals surface area (Å²) in [6.07, 6.45) is 6.66. The maximum Gasteiger partial charge on any atom is 0.271 e. The van der Waals surface area contributed by atoms with Gasteiger partial charge in [0.05, 0.1) is 10.9 Å². The second-order valence-electron chi connectivity index (χ2n) is 5.07. The van der Waals surface area contributed by atoms with Gasteiger partial charge in [0, 0.05) is 6.54 Å². The first kappa shape index (κ1) is 10.6. The molecule has 0 radical (unpaired) electrons. The molecule has 90 valence electrons. The van der Waals surface area contributed by atoms with Crippen molar-refractivity contribution in [1.82, 2.24) is 9.78 Å². The van der Waals surface area contributed by atoms with Gasteiger partial charge in [-0.2, -0.15) is 0 Å². The SMILES string of the molecule is O=c1[nH]n(CC2CCCCC2)c2ccccc12. The average molecular weight is 230 g/mol. The Balaban J connectivity index is 1.92. The van der Waals surface area contributed by atoms with Gasteiger partial charge in [-0.3, -0.25) is 14.6 Å². The summed E-state index contributed by atoms with van der Waals surface area (Å²) in [4.78, 5) is 11.8. The fourth-order valence-electron chi connectivity index (χ4n) is 2.92. The van der Waals surface area contributed by atoms with E-state index in [9.17, 15) is 4.79 Å². The smallest absolute Gasteiger partial charge is 0.271 e. The standard InChI is InChI=1S/C14H18N2O/c17-14-12-8-4-5-9-13(12)16(15-14)10-11-6-2-1-3-7-11/h4-5,8-9,11H,1-3,6-7,10H2,(H,15,17). The molecule has 0 unspecified atom stereocenters. The van der Waals surface area contributed by atoms with Gasteiger partial charge in [0.2, 0.25) is 0 Å². The Morgan fingerprint density at radius 3 is 2.76 bits per heavy atom. The average Bonchev–Trinajstić information content (AvgIpc) is 2.69. The van der Waals surface area contributed by atoms with Crippen molar-refractivity contribution in [2.24, 2.45) is 5.92 Å². The van der Waals surface area contributed by atoms with E-state index >= 15 is 0 Å². The van der Waals surface area contributed by atoms with E-state index in [2.05, 4.69) is 5.10 Å². The van der Waals surface area contributed by atoms with E-state index in [1.807, 2.05) is 28.9 Å². The molecule has 1 N–H and O–H groups in total. The van der Waals surface area contributed by atoms with Gasteiger partial charge >= 0.3 is 0 Å². The normalized spacial score (nSPS) is 17.6. The quantitative estimate of drug-likeness (QED) is 0.846. The lowest BCUT2D eigenvalue weighted by Gasteiger charge is -2.21. The number of aromatic nitrogens is 2. The number of aromatic amines is 1. The molecule has 1 aromatic carbocycles. The summed E-state index contributed by atoms with van der Waals surface area (Å²) in [6.45, 7) is 0.961. The van der Waals surface area contributed by atoms with Gasteiger partial charge in [-0.1, -0.05) is 31.4 Å². The Hall–Kier alpha value is -1.51. The van der Waals surface area contributed by atoms with E-state index in [-0.39, 0.29) is 5.56 Å². The van der Waals surface area contributed by atoms with Gasteiger partial charge in [-0.25, -0.2) is 0 Å². The van der Waals surface area contributed by atoms with Crippen molar-refractivity contribution in [2.45, 2.75) is 38.6 Å². The maximum absolute atomic E-state index is 11.8. The molecule has 1 aliphatic carbocycles. The van der Waals surface area contributed by atoms with Crippen molar-refractivity contribution in [1.29, 1.82) is 0 Å². The number of nitrogens with zero attached hydrogens (tertiary/aromatic N) is 1. The summed E-state index contributed by atoms with van der Waals surface area (Å²) < 4.78 is 2.04. The summed E-state index contributed by atoms with van der Waals surface area (Å²) in [5, 5.41) is 3.77. The molecule has 1 aromatic heterocycles. The monoisotopic (exact) mass is 230 g/mol. The highest BCUT2D eigenvalue weighted by molar-refractivity contribution is 5.78. The number of fused-ring (bicyclic) bond motifs is 1. The second-order valence-corrected chi connectivity index (χ2v) is 5.07. The molecule has 0 amide bonds. The van der Waals surface area contributed by atoms with E-state index in [0.717, 1.165) is 23.4 Å². The number of para-hydroxylation sites is 1. The summed E-state index contributed by atoms with van der Waals surface area (Å²) >= 11 is 0. The van der Waals surface area contributed by atoms with Crippen LogP contribution in [0.15, 0.2) is 29.1 Å². The highest BCUT2D eigenvalue weighted by Crippen LogP contribution is 2.25. The number of benzene rings is 1. The number of nitrogens with one attached hydrogen (secondary N) is 1. The third-order valence-corrected chi connectivity index (χ3v) is 3.84. The molecule has 0 saturated heterocycles. The van der Waals surface area contributed by atoms with Gasteiger partial charge in [-0.15, -0.1) is 0 Å². The largest absolute Gasteiger partial charge is 0.284 e. The lowest BCUT2D eigenvalue weighted by Crippen LogP contribution is -2.16. The Kier molecular flexibility index (Phi) is 2.75. The summed E-state index contributed by atoms with van der Waals surface area (Å²) in [7, 11) is 0. The first-order valence-corrected chi connectivity index (χ1v) is 6.52. The fourth-order valence-corrected chi connectivity index (χ4v) is 2.92. The maximum atomic E-state index is 11.8. The number of H-pyrrole nitrogens is 1. The lowest BCUT2D eigenvalue weighted by atomic mass is 9.89. The van der Waals surface area contributed by atoms with Crippen LogP contribution in [-0.4, -0.2) is 9.78 Å². The third-order valence-electron chi connectivity index (χ3n) is 3.84. The molecule has 0 aliphatic heterocycles. The predicted octanol–water partition coefficient (Wildman–Crippen LogP) is 2.91. The molecule has 1 saturated carbocycles. The predicted molar refractivity (Wildman–Crippen MR) is 69.1 cm³/mol. The van der Waals surface area contributed by atoms with Crippen LogP contribution in [0.5, 0.6) is 0 Å². The van der Waals surface area contributed by atoms with E-state index < -0.39 is 0 Å². The van der Waals surface area contributed by atoms with Crippen LogP contribution in [0.3, 0.4) is 0 Å². The van der Waals surface area contributed by atoms with Crippen molar-refractivity contribution >= 4 is 10.9 Å². The molecular formula is C14H18N2O. The molecule has 2 aromatic rings. The molecule has 0 bridgehead atoms. The van der Waals surface area contributed by atoms with Crippen molar-refractivity contribution in [2.75, 3.05) is 0 Å². The molecule has 1 fully saturated rings. The van der Waals surface area contributed by atoms with Crippen LogP contribution in [-0.2, 0) is 6.54 Å². The van der Waals surface area contributed by atoms with E-state index in [4.69, 9.17) is 0 Å². The highest BCUT2D eigenvalue weighted by Gasteiger charge is 2.15. The molecule has 3 nitrogen and oxygen atoms in total. The zero-order valence-corrected chi connectivity index (χ0v) is 9.98. The van der Waals surface area contributed by atoms with Gasteiger partial charge in [-0.05, 0) is 30.9 Å². The van der Waals surface area contributed by atoms with Crippen LogP contribution in [0.25, 0.3) is 10.9 Å². The minimum Gasteiger partial charge on any atom is -0.284 e. The minimum atomic E-state index is 0.0383. The molecule has 17 heavy (non-hydrogen) atoms. The fraction of sp³-hybridized carbons (Fsp3) is 0.500. The van der Waals surface area contributed by atoms with Crippen molar-refractivity contribution in [3.63, 3.8) is 0 Å². The van der Waals surface area contributed by atoms with Crippen LogP contribution in [0, 0.1) is 5.92 Å². The zero-order valence-electron chi connectivity index (χ0n) is 9.98. The van der Waals surface area contributed by atoms with Crippen LogP contribution >= 0.6 is 0 Å². The number of hydrogen-bond acceptors (Lipinski definition) is 1. The Bertz CT molecular complexity index is 561. The highest BCUT2D eigenvalue weighted by atomic mass is 16.1. The molecule has 1 aliphatic rings. The van der Waals surface area contributed by atoms with Crippen molar-refractivity contribution in [3.05, 3.63) is 34.6 Å². The van der Waals surface area contributed by atoms with Gasteiger partial charge in [0.1, 0.15) is 0 Å². The van der Waals surface area contributed by atoms with E-state index in [0.29, 0.717) is 0 Å². The second kappa shape index (κ2) is 4.40.